The predicted octanol–water partition coefficient (Wildman–Crippen LogP) is 24.6. The zero-order valence-corrected chi connectivity index (χ0v) is 76.0. The Labute approximate surface area is 726 Å². The molecule has 0 amide bonds. The molecule has 14 atom stereocenters. The number of rotatable bonds is 7. The number of carbonyl (C=O) groups excluding carboxylic acids is 9. The first-order valence-corrected chi connectivity index (χ1v) is 44.0. The number of methoxy groups -OCH3 is 2. The number of esters is 2. The minimum absolute atomic E-state index is 0. The molecule has 0 aromatic rings. The molecule has 13 heteroatoms. The number of allylic oxidation sites excluding steroid dienone is 17. The summed E-state index contributed by atoms with van der Waals surface area (Å²) < 4.78 is 10.4. The summed E-state index contributed by atoms with van der Waals surface area (Å²) in [7, 11) is 2.96. The van der Waals surface area contributed by atoms with Crippen LogP contribution in [0.25, 0.3) is 0 Å². The van der Waals surface area contributed by atoms with Gasteiger partial charge in [-0.25, -0.2) is 5.26 Å². The van der Waals surface area contributed by atoms with E-state index >= 15 is 0 Å². The molecule has 16 aliphatic rings. The van der Waals surface area contributed by atoms with Gasteiger partial charge in [-0.1, -0.05) is 194 Å². The summed E-state index contributed by atoms with van der Waals surface area (Å²) in [5.41, 5.74) is 18.4. The van der Waals surface area contributed by atoms with Crippen molar-refractivity contribution in [1.29, 1.82) is 5.26 Å². The van der Waals surface area contributed by atoms with E-state index in [0.29, 0.717) is 102 Å². The van der Waals surface area contributed by atoms with E-state index in [-0.39, 0.29) is 110 Å². The Kier molecular flexibility index (Phi) is 32.5. The van der Waals surface area contributed by atoms with Crippen molar-refractivity contribution in [2.24, 2.45) is 96.1 Å². The molecule has 16 aliphatic carbocycles. The van der Waals surface area contributed by atoms with Crippen molar-refractivity contribution in [3.8, 4) is 6.57 Å². The molecule has 7 saturated carbocycles. The van der Waals surface area contributed by atoms with Crippen LogP contribution >= 0.6 is 0 Å². The molecule has 0 unspecified atom stereocenters. The molecule has 0 bridgehead atoms. The molecule has 0 spiro atoms. The normalized spacial score (nSPS) is 35.7. The van der Waals surface area contributed by atoms with Gasteiger partial charge in [0.15, 0.2) is 17.3 Å². The number of fused-ring (bicyclic) bond motifs is 13. The van der Waals surface area contributed by atoms with Crippen molar-refractivity contribution in [2.75, 3.05) is 14.2 Å². The maximum absolute atomic E-state index is 13.0. The van der Waals surface area contributed by atoms with Gasteiger partial charge in [0.05, 0.1) is 25.0 Å². The van der Waals surface area contributed by atoms with Gasteiger partial charge in [-0.15, -0.1) is 0 Å². The van der Waals surface area contributed by atoms with Crippen molar-refractivity contribution in [1.82, 2.24) is 0 Å². The van der Waals surface area contributed by atoms with Gasteiger partial charge >= 0.3 is 11.9 Å². The number of hydrogen-bond donors (Lipinski definition) is 0. The Hall–Kier alpha value is -5.64. The van der Waals surface area contributed by atoms with Crippen LogP contribution < -0.4 is 0 Å². The minimum atomic E-state index is -0.565. The number of ketones is 5. The molecule has 1 radical (unpaired) electrons. The van der Waals surface area contributed by atoms with E-state index in [1.807, 2.05) is 19.1 Å². The van der Waals surface area contributed by atoms with E-state index < -0.39 is 16.2 Å². The van der Waals surface area contributed by atoms with E-state index in [2.05, 4.69) is 122 Å². The van der Waals surface area contributed by atoms with Crippen LogP contribution in [0.2, 0.25) is 0 Å². The van der Waals surface area contributed by atoms with E-state index in [1.54, 1.807) is 17.2 Å². The zero-order valence-electron chi connectivity index (χ0n) is 73.2. The largest absolute Gasteiger partial charge is 0.497 e. The van der Waals surface area contributed by atoms with Crippen LogP contribution in [0.1, 0.15) is 343 Å². The van der Waals surface area contributed by atoms with Gasteiger partial charge in [0.1, 0.15) is 24.1 Å². The standard InChI is InChI=1S/C21H28O4.C20H28O2.C19H28O3.C15H20O.C13H19.C12H16O.CHN.2CH4.Y/c1-13(2)15-7-8-21(19(24)25-4)10-9-20(3)16(18(15)21)6-5-14(12-22)11-17(20)23;1-13(2)15-7-8-19(3)9-10-20(4)16(18(15)19)6-5-14(12-21)11-17(20)22;1-12(2)13-8-9-19(17(21)22-4)11-10-18(3)14(16(13)19)6-5-7-15(18)20;1-10-4-3-5-12-14-11(6-7-13(14)16)8-9-15(10,12)2;1-10-6-5-9-13(3)11(2)7-4-8-12(10)13;1-9-4-3-5-10-8-11(13)6-7-12(9,10)2;1-2;;;/h11-13,16H,5-10H2,1-4H3;5,12-13,16H,6-11H2,1-4H3;12,14H,5-11H2,1-4H3;12H,1,3-9H2,2H3;12H,2,4-5,7-9H2,1,3H3;8H,1,3-7H2,2H3;1H;2*1H4;/q;;;;-1;;;;;/t16-,20-,21+;16-,19-,20-;14-,18-,19+;12-,15+;12-,13+;12-;;;;/m111110..../s1. The number of nitriles is 1. The number of carbonyl (C=O) groups is 9. The first kappa shape index (κ1) is 97.5. The molecule has 0 heterocycles. The molecular weight excluding hydrogens is 1520 g/mol. The summed E-state index contributed by atoms with van der Waals surface area (Å²) in [4.78, 5) is 110. The first-order chi connectivity index (χ1) is 53.4. The average molecular weight is 1670 g/mol. The Morgan fingerprint density at radius 1 is 0.491 bits per heavy atom. The van der Waals surface area contributed by atoms with Gasteiger partial charge in [-0.2, -0.15) is 6.42 Å². The maximum Gasteiger partial charge on any atom is 0.315 e. The summed E-state index contributed by atoms with van der Waals surface area (Å²) in [6.07, 6.45) is 46.2. The van der Waals surface area contributed by atoms with Crippen molar-refractivity contribution < 1.29 is 85.3 Å². The molecule has 0 saturated heterocycles. The van der Waals surface area contributed by atoms with E-state index in [9.17, 15) is 43.2 Å². The molecule has 16 rings (SSSR count). The first-order valence-electron chi connectivity index (χ1n) is 44.0. The summed E-state index contributed by atoms with van der Waals surface area (Å²) in [6, 6.07) is 0. The van der Waals surface area contributed by atoms with Gasteiger partial charge in [0.25, 0.3) is 0 Å². The van der Waals surface area contributed by atoms with Crippen LogP contribution in [0.3, 0.4) is 0 Å². The summed E-state index contributed by atoms with van der Waals surface area (Å²) >= 11 is 0. The van der Waals surface area contributed by atoms with Gasteiger partial charge in [-0.05, 0) is 296 Å². The number of aldehydes is 2. The fraction of sp³-hybridized carbons (Fsp3) is 0.689. The van der Waals surface area contributed by atoms with Crippen LogP contribution in [0.5, 0.6) is 0 Å². The summed E-state index contributed by atoms with van der Waals surface area (Å²) in [5.74, 6) is 4.44. The van der Waals surface area contributed by atoms with Crippen molar-refractivity contribution in [2.45, 2.75) is 343 Å². The molecule has 0 aromatic carbocycles. The third-order valence-electron chi connectivity index (χ3n) is 33.2. The second kappa shape index (κ2) is 38.6. The molecule has 7 fully saturated rings. The fourth-order valence-corrected chi connectivity index (χ4v) is 25.4. The third-order valence-corrected chi connectivity index (χ3v) is 33.2. The third kappa shape index (κ3) is 17.7. The molecule has 0 N–H and O–H groups in total. The fourth-order valence-electron chi connectivity index (χ4n) is 25.4. The quantitative estimate of drug-likeness (QED) is 0.101. The smallest absolute Gasteiger partial charge is 0.315 e. The van der Waals surface area contributed by atoms with Crippen LogP contribution in [-0.2, 0) is 85.3 Å². The van der Waals surface area contributed by atoms with Crippen LogP contribution in [0.15, 0.2) is 122 Å². The van der Waals surface area contributed by atoms with Gasteiger partial charge in [0, 0.05) is 86.6 Å². The van der Waals surface area contributed by atoms with Gasteiger partial charge in [0.2, 0.25) is 0 Å². The van der Waals surface area contributed by atoms with E-state index in [4.69, 9.17) is 14.7 Å². The minimum Gasteiger partial charge on any atom is -0.497 e. The van der Waals surface area contributed by atoms with Crippen molar-refractivity contribution >= 4 is 53.4 Å². The number of Topliss-reactive ketones (excluding diaryl/α,β-unsaturated/α-hetero) is 3. The monoisotopic (exact) mass is 1660 g/mol. The Bertz CT molecular complexity index is 4150. The van der Waals surface area contributed by atoms with Gasteiger partial charge < -0.3 is 15.5 Å². The molecule has 116 heavy (non-hydrogen) atoms. The van der Waals surface area contributed by atoms with Gasteiger partial charge in [-0.3, -0.25) is 48.7 Å². The molecular formula is C103H148NO11Y-. The van der Waals surface area contributed by atoms with Crippen LogP contribution in [0, 0.1) is 114 Å². The second-order valence-corrected chi connectivity index (χ2v) is 39.8. The SMILES string of the molecule is C.C.C#N.C=C1CCCC2=CC(=O)CC[C@@]12C.C=C1CCC[C@@H]2C(C)=[C-]CC[C@@]12C.C=C1CCC[C@@H]2C3=C(CCC3=O)CC[C@@]12C.CC(C)C1=C2[C@H]3CC=C(C=O)CC(=O)[C@]3(C)CC[C@@]2(C)CC1.COC(=O)[C@]12CCC(C(C)C)=C1[C@H]1CCC(C=O)=CC(=O)[C@]1(C)CC2.COC(=O)[C@]12CCC(C(C)C)=C1[C@H]1CCCC(=O)[C@]1(C)CC2.[Y]. The number of hydrogen-bond acceptors (Lipinski definition) is 12. The molecule has 12 nitrogen and oxygen atoms in total. The molecule has 0 aromatic heterocycles. The van der Waals surface area contributed by atoms with E-state index in [0.717, 1.165) is 146 Å². The number of nitrogens with zero attached hydrogens (tertiary/aromatic N) is 1. The van der Waals surface area contributed by atoms with E-state index in [1.165, 1.54) is 141 Å². The van der Waals surface area contributed by atoms with Crippen molar-refractivity contribution in [3.05, 3.63) is 128 Å². The number of ether oxygens (including phenoxy) is 2. The molecule has 635 valence electrons. The Morgan fingerprint density at radius 3 is 1.55 bits per heavy atom. The average Bonchev–Trinajstić information content (AvgIpc) is 1.50. The van der Waals surface area contributed by atoms with Crippen LogP contribution in [-0.4, -0.2) is 67.6 Å². The Balaban J connectivity index is 0.000000193. The molecule has 0 aliphatic heterocycles. The van der Waals surface area contributed by atoms with Crippen molar-refractivity contribution in [3.63, 3.8) is 0 Å². The maximum atomic E-state index is 13.0. The topological polar surface area (TPSA) is 196 Å². The zero-order chi connectivity index (χ0) is 82.9. The predicted molar refractivity (Wildman–Crippen MR) is 463 cm³/mol. The summed E-state index contributed by atoms with van der Waals surface area (Å²) in [6.45, 7) is 47.5. The summed E-state index contributed by atoms with van der Waals surface area (Å²) in [5, 5.41) is 6.50. The second-order valence-electron chi connectivity index (χ2n) is 39.8. The van der Waals surface area contributed by atoms with Crippen LogP contribution in [0.4, 0.5) is 0 Å². The Morgan fingerprint density at radius 2 is 0.991 bits per heavy atom.